The van der Waals surface area contributed by atoms with Gasteiger partial charge in [0.25, 0.3) is 5.89 Å². The molecule has 1 heterocycles. The minimum atomic E-state index is 0.0792. The highest BCUT2D eigenvalue weighted by Gasteiger charge is 2.14. The molecule has 6 heteroatoms. The fourth-order valence-corrected chi connectivity index (χ4v) is 2.09. The lowest BCUT2D eigenvalue weighted by atomic mass is 10.2. The second-order valence-corrected chi connectivity index (χ2v) is 4.73. The van der Waals surface area contributed by atoms with Crippen LogP contribution in [0.15, 0.2) is 47.0 Å². The number of hydrogen-bond acceptors (Lipinski definition) is 5. The minimum absolute atomic E-state index is 0.0792. The molecule has 0 saturated carbocycles. The Morgan fingerprint density at radius 1 is 1.19 bits per heavy atom. The van der Waals surface area contributed by atoms with Gasteiger partial charge in [-0.2, -0.15) is 4.98 Å². The molecule has 106 valence electrons. The number of hydrogen-bond donors (Lipinski definition) is 1. The summed E-state index contributed by atoms with van der Waals surface area (Å²) in [7, 11) is 1.59. The van der Waals surface area contributed by atoms with Gasteiger partial charge in [0.05, 0.1) is 17.7 Å². The molecule has 0 radical (unpaired) electrons. The van der Waals surface area contributed by atoms with E-state index in [2.05, 4.69) is 10.1 Å². The van der Waals surface area contributed by atoms with Crippen LogP contribution >= 0.6 is 11.6 Å². The number of aromatic nitrogens is 2. The Balaban J connectivity index is 2.01. The molecule has 21 heavy (non-hydrogen) atoms. The van der Waals surface area contributed by atoms with Gasteiger partial charge in [-0.05, 0) is 30.3 Å². The van der Waals surface area contributed by atoms with Crippen LogP contribution in [0.25, 0.3) is 22.8 Å². The van der Waals surface area contributed by atoms with Crippen LogP contribution in [0.5, 0.6) is 11.5 Å². The fraction of sp³-hybridized carbons (Fsp3) is 0.0667. The molecule has 0 atom stereocenters. The van der Waals surface area contributed by atoms with E-state index in [4.69, 9.17) is 20.9 Å². The van der Waals surface area contributed by atoms with Gasteiger partial charge in [0.1, 0.15) is 11.5 Å². The summed E-state index contributed by atoms with van der Waals surface area (Å²) in [5, 5.41) is 13.9. The van der Waals surface area contributed by atoms with E-state index in [1.807, 2.05) is 18.2 Å². The van der Waals surface area contributed by atoms with E-state index >= 15 is 0 Å². The van der Waals surface area contributed by atoms with E-state index in [0.717, 1.165) is 5.56 Å². The molecule has 5 nitrogen and oxygen atoms in total. The summed E-state index contributed by atoms with van der Waals surface area (Å²) in [5.41, 5.74) is 1.25. The molecule has 0 aliphatic heterocycles. The van der Waals surface area contributed by atoms with Crippen LogP contribution in [0.4, 0.5) is 0 Å². The summed E-state index contributed by atoms with van der Waals surface area (Å²) in [5.74, 6) is 1.45. The zero-order valence-corrected chi connectivity index (χ0v) is 11.8. The number of phenolic OH excluding ortho intramolecular Hbond substituents is 1. The third-order valence-corrected chi connectivity index (χ3v) is 3.26. The maximum atomic E-state index is 9.53. The monoisotopic (exact) mass is 302 g/mol. The first kappa shape index (κ1) is 13.5. The third kappa shape index (κ3) is 2.68. The predicted octanol–water partition coefficient (Wildman–Crippen LogP) is 3.77. The molecule has 2 aromatic carbocycles. The van der Waals surface area contributed by atoms with Crippen LogP contribution in [0.1, 0.15) is 0 Å². The van der Waals surface area contributed by atoms with Crippen molar-refractivity contribution in [3.8, 4) is 34.3 Å². The van der Waals surface area contributed by atoms with Gasteiger partial charge < -0.3 is 14.4 Å². The molecule has 0 aliphatic rings. The largest absolute Gasteiger partial charge is 0.508 e. The zero-order chi connectivity index (χ0) is 14.8. The van der Waals surface area contributed by atoms with Gasteiger partial charge in [0.15, 0.2) is 0 Å². The van der Waals surface area contributed by atoms with E-state index in [9.17, 15) is 5.11 Å². The maximum absolute atomic E-state index is 9.53. The topological polar surface area (TPSA) is 68.4 Å². The number of benzene rings is 2. The minimum Gasteiger partial charge on any atom is -0.508 e. The van der Waals surface area contributed by atoms with Crippen molar-refractivity contribution in [2.45, 2.75) is 0 Å². The molecule has 1 aromatic heterocycles. The first-order chi connectivity index (χ1) is 10.2. The average molecular weight is 303 g/mol. The third-order valence-electron chi connectivity index (χ3n) is 2.93. The normalized spacial score (nSPS) is 10.6. The predicted molar refractivity (Wildman–Crippen MR) is 78.4 cm³/mol. The number of aromatic hydroxyl groups is 1. The number of methoxy groups -OCH3 is 1. The van der Waals surface area contributed by atoms with E-state index in [0.29, 0.717) is 22.2 Å². The Morgan fingerprint density at radius 3 is 2.86 bits per heavy atom. The lowest BCUT2D eigenvalue weighted by Gasteiger charge is -2.00. The van der Waals surface area contributed by atoms with E-state index in [-0.39, 0.29) is 11.6 Å². The lowest BCUT2D eigenvalue weighted by Crippen LogP contribution is -1.85. The number of nitrogens with zero attached hydrogens (tertiary/aromatic N) is 2. The molecule has 3 aromatic rings. The van der Waals surface area contributed by atoms with Crippen molar-refractivity contribution in [2.75, 3.05) is 7.11 Å². The lowest BCUT2D eigenvalue weighted by molar-refractivity contribution is 0.414. The first-order valence-electron chi connectivity index (χ1n) is 6.14. The number of rotatable bonds is 3. The van der Waals surface area contributed by atoms with Crippen molar-refractivity contribution in [1.29, 1.82) is 0 Å². The number of halogens is 1. The molecule has 0 unspecified atom stereocenters. The van der Waals surface area contributed by atoms with Gasteiger partial charge in [-0.25, -0.2) is 0 Å². The highest BCUT2D eigenvalue weighted by atomic mass is 35.5. The van der Waals surface area contributed by atoms with Crippen LogP contribution in [0, 0.1) is 0 Å². The summed E-state index contributed by atoms with van der Waals surface area (Å²) < 4.78 is 10.4. The smallest absolute Gasteiger partial charge is 0.259 e. The van der Waals surface area contributed by atoms with Gasteiger partial charge in [0, 0.05) is 5.56 Å². The Labute approximate surface area is 125 Å². The second kappa shape index (κ2) is 5.46. The van der Waals surface area contributed by atoms with E-state index in [1.54, 1.807) is 19.2 Å². The van der Waals surface area contributed by atoms with Gasteiger partial charge in [-0.15, -0.1) is 0 Å². The average Bonchev–Trinajstić information content (AvgIpc) is 2.99. The molecule has 3 rings (SSSR count). The van der Waals surface area contributed by atoms with Crippen molar-refractivity contribution in [2.24, 2.45) is 0 Å². The summed E-state index contributed by atoms with van der Waals surface area (Å²) in [6.45, 7) is 0. The van der Waals surface area contributed by atoms with Crippen LogP contribution < -0.4 is 4.74 Å². The fourth-order valence-electron chi connectivity index (χ4n) is 1.89. The molecule has 0 saturated heterocycles. The second-order valence-electron chi connectivity index (χ2n) is 4.32. The molecule has 0 aliphatic carbocycles. The molecule has 0 spiro atoms. The Hall–Kier alpha value is -2.53. The Morgan fingerprint density at radius 2 is 2.05 bits per heavy atom. The molecule has 0 fully saturated rings. The summed E-state index contributed by atoms with van der Waals surface area (Å²) >= 11 is 6.07. The van der Waals surface area contributed by atoms with Gasteiger partial charge in [0.2, 0.25) is 5.82 Å². The molecule has 0 bridgehead atoms. The van der Waals surface area contributed by atoms with Crippen molar-refractivity contribution in [3.63, 3.8) is 0 Å². The van der Waals surface area contributed by atoms with Crippen LogP contribution in [-0.4, -0.2) is 22.4 Å². The highest BCUT2D eigenvalue weighted by Crippen LogP contribution is 2.31. The summed E-state index contributed by atoms with van der Waals surface area (Å²) in [6.07, 6.45) is 0. The van der Waals surface area contributed by atoms with Crippen LogP contribution in [0.3, 0.4) is 0 Å². The molecular weight excluding hydrogens is 292 g/mol. The maximum Gasteiger partial charge on any atom is 0.259 e. The SMILES string of the molecule is COc1cccc(-c2noc(-c3cc(O)ccc3Cl)n2)c1. The van der Waals surface area contributed by atoms with Gasteiger partial charge >= 0.3 is 0 Å². The van der Waals surface area contributed by atoms with Crippen molar-refractivity contribution >= 4 is 11.6 Å². The molecular formula is C15H11ClN2O3. The summed E-state index contributed by atoms with van der Waals surface area (Å²) in [4.78, 5) is 4.30. The standard InChI is InChI=1S/C15H11ClN2O3/c1-20-11-4-2-3-9(7-11)14-17-15(21-18-14)12-8-10(19)5-6-13(12)16/h2-8,19H,1H3. The quantitative estimate of drug-likeness (QED) is 0.797. The van der Waals surface area contributed by atoms with E-state index in [1.165, 1.54) is 12.1 Å². The summed E-state index contributed by atoms with van der Waals surface area (Å²) in [6, 6.07) is 11.9. The van der Waals surface area contributed by atoms with Crippen molar-refractivity contribution < 1.29 is 14.4 Å². The molecule has 1 N–H and O–H groups in total. The number of phenols is 1. The highest BCUT2D eigenvalue weighted by molar-refractivity contribution is 6.33. The van der Waals surface area contributed by atoms with Crippen LogP contribution in [-0.2, 0) is 0 Å². The van der Waals surface area contributed by atoms with Crippen LogP contribution in [0.2, 0.25) is 5.02 Å². The van der Waals surface area contributed by atoms with Gasteiger partial charge in [-0.1, -0.05) is 28.9 Å². The molecule has 0 amide bonds. The van der Waals surface area contributed by atoms with Crippen molar-refractivity contribution in [1.82, 2.24) is 10.1 Å². The zero-order valence-electron chi connectivity index (χ0n) is 11.1. The number of ether oxygens (including phenoxy) is 1. The van der Waals surface area contributed by atoms with E-state index < -0.39 is 0 Å². The Kier molecular flexibility index (Phi) is 3.50. The van der Waals surface area contributed by atoms with Gasteiger partial charge in [-0.3, -0.25) is 0 Å². The Bertz CT molecular complexity index is 786. The van der Waals surface area contributed by atoms with Crippen molar-refractivity contribution in [3.05, 3.63) is 47.5 Å². The first-order valence-corrected chi connectivity index (χ1v) is 6.52.